The van der Waals surface area contributed by atoms with Gasteiger partial charge >= 0.3 is 0 Å². The predicted molar refractivity (Wildman–Crippen MR) is 66.8 cm³/mol. The number of hydrogen-bond donors (Lipinski definition) is 1. The largest absolute Gasteiger partial charge is 0.326 e. The smallest absolute Gasteiger partial charge is 0.227 e. The van der Waals surface area contributed by atoms with Crippen molar-refractivity contribution in [3.05, 3.63) is 28.8 Å². The number of hydrogen-bond acceptors (Lipinski definition) is 1. The van der Waals surface area contributed by atoms with Gasteiger partial charge in [0.15, 0.2) is 0 Å². The fraction of sp³-hybridized carbons (Fsp3) is 0.462. The molecule has 2 rings (SSSR count). The van der Waals surface area contributed by atoms with Gasteiger partial charge in [0.25, 0.3) is 0 Å². The topological polar surface area (TPSA) is 29.1 Å². The third-order valence-corrected chi connectivity index (χ3v) is 3.41. The maximum Gasteiger partial charge on any atom is 0.227 e. The molecule has 0 spiro atoms. The van der Waals surface area contributed by atoms with Crippen molar-refractivity contribution >= 4 is 23.2 Å². The molecule has 1 aromatic carbocycles. The molecule has 1 saturated carbocycles. The van der Waals surface area contributed by atoms with Gasteiger partial charge in [0.2, 0.25) is 5.91 Å². The van der Waals surface area contributed by atoms with Crippen molar-refractivity contribution in [1.82, 2.24) is 0 Å². The van der Waals surface area contributed by atoms with Gasteiger partial charge < -0.3 is 5.32 Å². The first-order chi connectivity index (χ1) is 7.66. The van der Waals surface area contributed by atoms with E-state index in [2.05, 4.69) is 5.32 Å². The molecule has 1 fully saturated rings. The number of amides is 1. The Bertz CT molecular complexity index is 397. The Morgan fingerprint density at radius 3 is 2.69 bits per heavy atom. The Morgan fingerprint density at radius 1 is 1.38 bits per heavy atom. The Kier molecular flexibility index (Phi) is 3.49. The summed E-state index contributed by atoms with van der Waals surface area (Å²) in [5, 5.41) is 3.69. The van der Waals surface area contributed by atoms with Crippen molar-refractivity contribution in [2.75, 3.05) is 5.32 Å². The first-order valence-corrected chi connectivity index (χ1v) is 6.11. The van der Waals surface area contributed by atoms with Crippen molar-refractivity contribution in [3.63, 3.8) is 0 Å². The number of carbonyl (C=O) groups is 1. The van der Waals surface area contributed by atoms with Crippen LogP contribution in [0.25, 0.3) is 0 Å². The van der Waals surface area contributed by atoms with Crippen molar-refractivity contribution in [1.29, 1.82) is 0 Å². The summed E-state index contributed by atoms with van der Waals surface area (Å²) in [5.74, 6) is 0.359. The summed E-state index contributed by atoms with van der Waals surface area (Å²) < 4.78 is 0. The Morgan fingerprint density at radius 2 is 2.06 bits per heavy atom. The summed E-state index contributed by atoms with van der Waals surface area (Å²) in [4.78, 5) is 11.9. The first-order valence-electron chi connectivity index (χ1n) is 5.74. The van der Waals surface area contributed by atoms with Gasteiger partial charge in [-0.15, -0.1) is 0 Å². The van der Waals surface area contributed by atoms with E-state index in [4.69, 9.17) is 11.6 Å². The van der Waals surface area contributed by atoms with Crippen molar-refractivity contribution in [3.8, 4) is 0 Å². The lowest BCUT2D eigenvalue weighted by Gasteiger charge is -2.12. The summed E-state index contributed by atoms with van der Waals surface area (Å²) in [5.41, 5.74) is 1.89. The maximum atomic E-state index is 11.9. The second-order valence-corrected chi connectivity index (χ2v) is 4.87. The quantitative estimate of drug-likeness (QED) is 0.834. The van der Waals surface area contributed by atoms with Crippen LogP contribution >= 0.6 is 11.6 Å². The van der Waals surface area contributed by atoms with E-state index in [0.717, 1.165) is 24.1 Å². The van der Waals surface area contributed by atoms with E-state index < -0.39 is 0 Å². The van der Waals surface area contributed by atoms with Gasteiger partial charge in [-0.3, -0.25) is 4.79 Å². The molecule has 2 nitrogen and oxygen atoms in total. The molecule has 0 heterocycles. The lowest BCUT2D eigenvalue weighted by Crippen LogP contribution is -2.20. The summed E-state index contributed by atoms with van der Waals surface area (Å²) in [6.45, 7) is 1.95. The maximum absolute atomic E-state index is 11.9. The highest BCUT2D eigenvalue weighted by molar-refractivity contribution is 6.30. The summed E-state index contributed by atoms with van der Waals surface area (Å²) in [6, 6.07) is 5.54. The van der Waals surface area contributed by atoms with Gasteiger partial charge in [0, 0.05) is 16.6 Å². The molecular formula is C13H16ClNO. The molecule has 0 aliphatic heterocycles. The fourth-order valence-electron chi connectivity index (χ4n) is 2.19. The number of halogens is 1. The van der Waals surface area contributed by atoms with Crippen molar-refractivity contribution < 1.29 is 4.79 Å². The Labute approximate surface area is 101 Å². The third kappa shape index (κ3) is 2.56. The number of aryl methyl sites for hydroxylation is 1. The SMILES string of the molecule is Cc1cc(Cl)ccc1NC(=O)C1CCCC1. The molecule has 0 bridgehead atoms. The van der Waals surface area contributed by atoms with Gasteiger partial charge in [-0.25, -0.2) is 0 Å². The van der Waals surface area contributed by atoms with E-state index in [0.29, 0.717) is 5.02 Å². The van der Waals surface area contributed by atoms with Crippen LogP contribution in [0.2, 0.25) is 5.02 Å². The average Bonchev–Trinajstić information content (AvgIpc) is 2.75. The Hall–Kier alpha value is -1.02. The minimum absolute atomic E-state index is 0.155. The predicted octanol–water partition coefficient (Wildman–Crippen LogP) is 3.78. The van der Waals surface area contributed by atoms with Crippen LogP contribution < -0.4 is 5.32 Å². The van der Waals surface area contributed by atoms with E-state index in [-0.39, 0.29) is 11.8 Å². The summed E-state index contributed by atoms with van der Waals surface area (Å²) in [7, 11) is 0. The van der Waals surface area contributed by atoms with Crippen LogP contribution in [0.5, 0.6) is 0 Å². The molecule has 0 atom stereocenters. The standard InChI is InChI=1S/C13H16ClNO/c1-9-8-11(14)6-7-12(9)15-13(16)10-4-2-3-5-10/h6-8,10H,2-5H2,1H3,(H,15,16). The van der Waals surface area contributed by atoms with Crippen LogP contribution in [-0.2, 0) is 4.79 Å². The molecule has 1 N–H and O–H groups in total. The van der Waals surface area contributed by atoms with E-state index in [1.165, 1.54) is 12.8 Å². The van der Waals surface area contributed by atoms with E-state index in [9.17, 15) is 4.79 Å². The highest BCUT2D eigenvalue weighted by atomic mass is 35.5. The zero-order valence-corrected chi connectivity index (χ0v) is 10.2. The summed E-state index contributed by atoms with van der Waals surface area (Å²) in [6.07, 6.45) is 4.41. The molecule has 0 saturated heterocycles. The van der Waals surface area contributed by atoms with Gasteiger partial charge in [-0.2, -0.15) is 0 Å². The van der Waals surface area contributed by atoms with Gasteiger partial charge in [-0.05, 0) is 43.5 Å². The number of anilines is 1. The van der Waals surface area contributed by atoms with Crippen LogP contribution in [0.3, 0.4) is 0 Å². The molecule has 1 amide bonds. The highest BCUT2D eigenvalue weighted by Gasteiger charge is 2.22. The van der Waals surface area contributed by atoms with E-state index in [1.54, 1.807) is 6.07 Å². The first kappa shape index (κ1) is 11.5. The zero-order valence-electron chi connectivity index (χ0n) is 9.42. The minimum atomic E-state index is 0.155. The van der Waals surface area contributed by atoms with Gasteiger partial charge in [0.1, 0.15) is 0 Å². The van der Waals surface area contributed by atoms with E-state index >= 15 is 0 Å². The molecule has 0 unspecified atom stereocenters. The molecule has 1 aliphatic rings. The van der Waals surface area contributed by atoms with Crippen molar-refractivity contribution in [2.45, 2.75) is 32.6 Å². The molecule has 86 valence electrons. The zero-order chi connectivity index (χ0) is 11.5. The third-order valence-electron chi connectivity index (χ3n) is 3.17. The summed E-state index contributed by atoms with van der Waals surface area (Å²) >= 11 is 5.87. The van der Waals surface area contributed by atoms with Crippen molar-refractivity contribution in [2.24, 2.45) is 5.92 Å². The average molecular weight is 238 g/mol. The molecule has 16 heavy (non-hydrogen) atoms. The Balaban J connectivity index is 2.05. The monoisotopic (exact) mass is 237 g/mol. The van der Waals surface area contributed by atoms with Gasteiger partial charge in [-0.1, -0.05) is 24.4 Å². The van der Waals surface area contributed by atoms with Crippen LogP contribution in [0.1, 0.15) is 31.2 Å². The number of rotatable bonds is 2. The normalized spacial score (nSPS) is 16.4. The fourth-order valence-corrected chi connectivity index (χ4v) is 2.42. The second-order valence-electron chi connectivity index (χ2n) is 4.43. The molecule has 0 radical (unpaired) electrons. The molecule has 3 heteroatoms. The lowest BCUT2D eigenvalue weighted by atomic mass is 10.1. The number of nitrogens with one attached hydrogen (secondary N) is 1. The molecule has 1 aliphatic carbocycles. The van der Waals surface area contributed by atoms with Crippen LogP contribution in [0.4, 0.5) is 5.69 Å². The molecule has 0 aromatic heterocycles. The minimum Gasteiger partial charge on any atom is -0.326 e. The van der Waals surface area contributed by atoms with Crippen LogP contribution in [0, 0.1) is 12.8 Å². The second kappa shape index (κ2) is 4.88. The molecule has 1 aromatic rings. The number of benzene rings is 1. The number of carbonyl (C=O) groups excluding carboxylic acids is 1. The highest BCUT2D eigenvalue weighted by Crippen LogP contribution is 2.27. The lowest BCUT2D eigenvalue weighted by molar-refractivity contribution is -0.119. The van der Waals surface area contributed by atoms with E-state index in [1.807, 2.05) is 19.1 Å². The van der Waals surface area contributed by atoms with Gasteiger partial charge in [0.05, 0.1) is 0 Å². The van der Waals surface area contributed by atoms with Crippen LogP contribution in [0.15, 0.2) is 18.2 Å². The molecular weight excluding hydrogens is 222 g/mol. The van der Waals surface area contributed by atoms with Crippen LogP contribution in [-0.4, -0.2) is 5.91 Å².